The number of anilines is 1. The molecule has 0 spiro atoms. The Hall–Kier alpha value is -2.31. The topological polar surface area (TPSA) is 57.8 Å². The Kier molecular flexibility index (Phi) is 3.28. The van der Waals surface area contributed by atoms with Crippen molar-refractivity contribution in [2.45, 2.75) is 13.1 Å². The lowest BCUT2D eigenvalue weighted by Crippen LogP contribution is -2.14. The highest BCUT2D eigenvalue weighted by atomic mass is 19.4. The molecular weight excluding hydrogens is 259 g/mol. The summed E-state index contributed by atoms with van der Waals surface area (Å²) in [7, 11) is 0. The summed E-state index contributed by atoms with van der Waals surface area (Å²) in [6.07, 6.45) is -2.97. The van der Waals surface area contributed by atoms with Gasteiger partial charge in [-0.15, -0.1) is 0 Å². The number of nitrogens with zero attached hydrogens (tertiary/aromatic N) is 1. The Balaban J connectivity index is 2.23. The first-order valence-corrected chi connectivity index (χ1v) is 5.36. The van der Waals surface area contributed by atoms with Crippen LogP contribution >= 0.6 is 0 Å². The third-order valence-electron chi connectivity index (χ3n) is 2.52. The van der Waals surface area contributed by atoms with Crippen LogP contribution in [0.2, 0.25) is 0 Å². The van der Waals surface area contributed by atoms with Gasteiger partial charge in [-0.3, -0.25) is 9.89 Å². The first kappa shape index (κ1) is 13.1. The number of hydrogen-bond acceptors (Lipinski definition) is 2. The van der Waals surface area contributed by atoms with Gasteiger partial charge in [0, 0.05) is 11.1 Å². The van der Waals surface area contributed by atoms with E-state index in [1.165, 1.54) is 18.3 Å². The standard InChI is InChI=1S/C12H10F3N3O/c1-7-6-16-18-10(7)17-11(19)8-3-2-4-9(5-8)12(13,14)15/h2-6H,1H3,(H2,16,17,18,19). The zero-order valence-corrected chi connectivity index (χ0v) is 9.88. The minimum atomic E-state index is -4.47. The molecule has 1 aromatic heterocycles. The van der Waals surface area contributed by atoms with Crippen LogP contribution in [0.25, 0.3) is 0 Å². The van der Waals surface area contributed by atoms with Gasteiger partial charge in [-0.05, 0) is 25.1 Å². The van der Waals surface area contributed by atoms with E-state index < -0.39 is 17.6 Å². The van der Waals surface area contributed by atoms with E-state index >= 15 is 0 Å². The maximum absolute atomic E-state index is 12.5. The van der Waals surface area contributed by atoms with Crippen molar-refractivity contribution in [1.29, 1.82) is 0 Å². The van der Waals surface area contributed by atoms with Crippen LogP contribution in [0.5, 0.6) is 0 Å². The number of aromatic amines is 1. The Labute approximate surface area is 106 Å². The van der Waals surface area contributed by atoms with Crippen molar-refractivity contribution in [3.8, 4) is 0 Å². The van der Waals surface area contributed by atoms with Crippen LogP contribution in [-0.2, 0) is 6.18 Å². The normalized spacial score (nSPS) is 11.4. The highest BCUT2D eigenvalue weighted by Crippen LogP contribution is 2.29. The number of benzene rings is 1. The molecule has 0 aliphatic heterocycles. The second-order valence-corrected chi connectivity index (χ2v) is 3.96. The van der Waals surface area contributed by atoms with Gasteiger partial charge in [0.25, 0.3) is 5.91 Å². The molecule has 0 aliphatic rings. The summed E-state index contributed by atoms with van der Waals surface area (Å²) in [6.45, 7) is 1.71. The number of amides is 1. The molecule has 2 aromatic rings. The largest absolute Gasteiger partial charge is 0.416 e. The van der Waals surface area contributed by atoms with Crippen molar-refractivity contribution in [3.63, 3.8) is 0 Å². The first-order valence-electron chi connectivity index (χ1n) is 5.36. The predicted molar refractivity (Wildman–Crippen MR) is 62.7 cm³/mol. The molecule has 0 saturated heterocycles. The van der Waals surface area contributed by atoms with Gasteiger partial charge in [0.05, 0.1) is 11.8 Å². The summed E-state index contributed by atoms with van der Waals surface area (Å²) in [5, 5.41) is 8.71. The molecule has 0 saturated carbocycles. The second kappa shape index (κ2) is 4.75. The molecule has 0 atom stereocenters. The molecular formula is C12H10F3N3O. The Morgan fingerprint density at radius 1 is 1.37 bits per heavy atom. The van der Waals surface area contributed by atoms with E-state index in [1.807, 2.05) is 0 Å². The second-order valence-electron chi connectivity index (χ2n) is 3.96. The quantitative estimate of drug-likeness (QED) is 0.880. The summed E-state index contributed by atoms with van der Waals surface area (Å²) in [6, 6.07) is 4.23. The van der Waals surface area contributed by atoms with Gasteiger partial charge < -0.3 is 5.32 Å². The maximum Gasteiger partial charge on any atom is 0.416 e. The predicted octanol–water partition coefficient (Wildman–Crippen LogP) is 2.99. The zero-order valence-electron chi connectivity index (χ0n) is 9.88. The lowest BCUT2D eigenvalue weighted by molar-refractivity contribution is -0.137. The molecule has 2 rings (SSSR count). The minimum Gasteiger partial charge on any atom is -0.307 e. The van der Waals surface area contributed by atoms with E-state index in [9.17, 15) is 18.0 Å². The molecule has 1 amide bonds. The van der Waals surface area contributed by atoms with E-state index in [-0.39, 0.29) is 5.56 Å². The molecule has 0 unspecified atom stereocenters. The van der Waals surface area contributed by atoms with Gasteiger partial charge >= 0.3 is 6.18 Å². The Bertz CT molecular complexity index is 604. The van der Waals surface area contributed by atoms with E-state index in [0.717, 1.165) is 12.1 Å². The highest BCUT2D eigenvalue weighted by molar-refractivity contribution is 6.04. The number of nitrogens with one attached hydrogen (secondary N) is 2. The van der Waals surface area contributed by atoms with Crippen molar-refractivity contribution in [2.75, 3.05) is 5.32 Å². The number of aromatic nitrogens is 2. The van der Waals surface area contributed by atoms with E-state index in [4.69, 9.17) is 0 Å². The van der Waals surface area contributed by atoms with Crippen molar-refractivity contribution >= 4 is 11.7 Å². The van der Waals surface area contributed by atoms with Crippen molar-refractivity contribution in [1.82, 2.24) is 10.2 Å². The van der Waals surface area contributed by atoms with Crippen LogP contribution in [0.3, 0.4) is 0 Å². The molecule has 4 nitrogen and oxygen atoms in total. The molecule has 2 N–H and O–H groups in total. The smallest absolute Gasteiger partial charge is 0.307 e. The SMILES string of the molecule is Cc1cn[nH]c1NC(=O)c1cccc(C(F)(F)F)c1. The monoisotopic (exact) mass is 269 g/mol. The zero-order chi connectivity index (χ0) is 14.0. The van der Waals surface area contributed by atoms with Gasteiger partial charge in [0.15, 0.2) is 0 Å². The number of alkyl halides is 3. The maximum atomic E-state index is 12.5. The molecule has 1 heterocycles. The van der Waals surface area contributed by atoms with Crippen molar-refractivity contribution in [3.05, 3.63) is 47.2 Å². The molecule has 7 heteroatoms. The fourth-order valence-corrected chi connectivity index (χ4v) is 1.50. The molecule has 0 bridgehead atoms. The molecule has 19 heavy (non-hydrogen) atoms. The van der Waals surface area contributed by atoms with E-state index in [2.05, 4.69) is 15.5 Å². The molecule has 1 aromatic carbocycles. The molecule has 0 radical (unpaired) electrons. The highest BCUT2D eigenvalue weighted by Gasteiger charge is 2.30. The number of H-pyrrole nitrogens is 1. The first-order chi connectivity index (χ1) is 8.88. The van der Waals surface area contributed by atoms with Gasteiger partial charge in [-0.1, -0.05) is 6.07 Å². The van der Waals surface area contributed by atoms with Crippen LogP contribution in [-0.4, -0.2) is 16.1 Å². The molecule has 0 aliphatic carbocycles. The summed E-state index contributed by atoms with van der Waals surface area (Å²) in [5.74, 6) is -0.263. The lowest BCUT2D eigenvalue weighted by Gasteiger charge is -2.08. The number of rotatable bonds is 2. The van der Waals surface area contributed by atoms with Gasteiger partial charge in [0.1, 0.15) is 5.82 Å². The van der Waals surface area contributed by atoms with Crippen LogP contribution in [0, 0.1) is 6.92 Å². The third kappa shape index (κ3) is 2.93. The van der Waals surface area contributed by atoms with Crippen molar-refractivity contribution < 1.29 is 18.0 Å². The van der Waals surface area contributed by atoms with Crippen LogP contribution in [0.15, 0.2) is 30.5 Å². The number of halogens is 3. The molecule has 0 fully saturated rings. The summed E-state index contributed by atoms with van der Waals surface area (Å²) in [4.78, 5) is 11.8. The van der Waals surface area contributed by atoms with E-state index in [1.54, 1.807) is 6.92 Å². The van der Waals surface area contributed by atoms with Gasteiger partial charge in [-0.2, -0.15) is 18.3 Å². The number of carbonyl (C=O) groups is 1. The third-order valence-corrected chi connectivity index (χ3v) is 2.52. The van der Waals surface area contributed by atoms with Gasteiger partial charge in [0.2, 0.25) is 0 Å². The molecule has 100 valence electrons. The average Bonchev–Trinajstić information content (AvgIpc) is 2.74. The lowest BCUT2D eigenvalue weighted by atomic mass is 10.1. The van der Waals surface area contributed by atoms with Crippen molar-refractivity contribution in [2.24, 2.45) is 0 Å². The minimum absolute atomic E-state index is 0.0659. The Morgan fingerprint density at radius 2 is 2.11 bits per heavy atom. The van der Waals surface area contributed by atoms with E-state index in [0.29, 0.717) is 11.4 Å². The van der Waals surface area contributed by atoms with Crippen LogP contribution in [0.1, 0.15) is 21.5 Å². The summed E-state index contributed by atoms with van der Waals surface area (Å²) < 4.78 is 37.6. The fraction of sp³-hybridized carbons (Fsp3) is 0.167. The summed E-state index contributed by atoms with van der Waals surface area (Å²) >= 11 is 0. The summed E-state index contributed by atoms with van der Waals surface area (Å²) in [5.41, 5.74) is -0.231. The number of aryl methyl sites for hydroxylation is 1. The van der Waals surface area contributed by atoms with Crippen LogP contribution in [0.4, 0.5) is 19.0 Å². The van der Waals surface area contributed by atoms with Gasteiger partial charge in [-0.25, -0.2) is 0 Å². The fourth-order valence-electron chi connectivity index (χ4n) is 1.50. The average molecular weight is 269 g/mol. The van der Waals surface area contributed by atoms with Crippen LogP contribution < -0.4 is 5.32 Å². The number of hydrogen-bond donors (Lipinski definition) is 2. The number of carbonyl (C=O) groups excluding carboxylic acids is 1. The Morgan fingerprint density at radius 3 is 2.68 bits per heavy atom.